The first-order chi connectivity index (χ1) is 12.3. The summed E-state index contributed by atoms with van der Waals surface area (Å²) in [5, 5.41) is 0. The van der Waals surface area contributed by atoms with Gasteiger partial charge in [-0.15, -0.1) is 6.58 Å². The molecule has 0 radical (unpaired) electrons. The van der Waals surface area contributed by atoms with Gasteiger partial charge in [-0.2, -0.15) is 4.99 Å². The molecule has 1 aliphatic rings. The van der Waals surface area contributed by atoms with Gasteiger partial charge < -0.3 is 9.04 Å². The Morgan fingerprint density at radius 1 is 1.38 bits per heavy atom. The lowest BCUT2D eigenvalue weighted by atomic mass is 10.1. The number of aliphatic imine (C=N–C) groups is 2. The quantitative estimate of drug-likeness (QED) is 0.164. The van der Waals surface area contributed by atoms with Crippen LogP contribution < -0.4 is 0 Å². The minimum atomic E-state index is -0.713. The summed E-state index contributed by atoms with van der Waals surface area (Å²) >= 11 is 1.68. The van der Waals surface area contributed by atoms with E-state index in [1.807, 2.05) is 6.92 Å². The molecule has 1 rings (SSSR count). The summed E-state index contributed by atoms with van der Waals surface area (Å²) in [4.78, 5) is 8.30. The fraction of sp³-hybridized carbons (Fsp3) is 0.400. The van der Waals surface area contributed by atoms with E-state index in [9.17, 15) is 4.39 Å². The van der Waals surface area contributed by atoms with Crippen molar-refractivity contribution in [3.05, 3.63) is 61.8 Å². The maximum absolute atomic E-state index is 13.2. The van der Waals surface area contributed by atoms with Gasteiger partial charge in [0, 0.05) is 30.0 Å². The van der Waals surface area contributed by atoms with Crippen molar-refractivity contribution in [3.8, 4) is 0 Å². The van der Waals surface area contributed by atoms with Crippen molar-refractivity contribution in [1.29, 1.82) is 0 Å². The first-order valence-electron chi connectivity index (χ1n) is 8.45. The van der Waals surface area contributed by atoms with Gasteiger partial charge in [-0.3, -0.25) is 0 Å². The fourth-order valence-corrected chi connectivity index (χ4v) is 3.16. The van der Waals surface area contributed by atoms with Gasteiger partial charge >= 0.3 is 6.02 Å². The van der Waals surface area contributed by atoms with Gasteiger partial charge in [0.25, 0.3) is 0 Å². The van der Waals surface area contributed by atoms with Crippen molar-refractivity contribution >= 4 is 23.7 Å². The highest BCUT2D eigenvalue weighted by atomic mass is 32.2. The van der Waals surface area contributed by atoms with Crippen LogP contribution in [-0.4, -0.2) is 34.4 Å². The van der Waals surface area contributed by atoms with Crippen molar-refractivity contribution in [2.75, 3.05) is 12.4 Å². The highest BCUT2D eigenvalue weighted by Gasteiger charge is 2.32. The minimum absolute atomic E-state index is 0.0774. The molecule has 6 heteroatoms. The normalized spacial score (nSPS) is 17.6. The fourth-order valence-electron chi connectivity index (χ4n) is 2.03. The van der Waals surface area contributed by atoms with Crippen molar-refractivity contribution in [1.82, 2.24) is 4.31 Å². The van der Waals surface area contributed by atoms with Crippen LogP contribution >= 0.6 is 11.9 Å². The summed E-state index contributed by atoms with van der Waals surface area (Å²) < 4.78 is 21.1. The first kappa shape index (κ1) is 22.0. The van der Waals surface area contributed by atoms with Crippen LogP contribution in [0.2, 0.25) is 0 Å². The minimum Gasteiger partial charge on any atom is -0.461 e. The van der Waals surface area contributed by atoms with Gasteiger partial charge in [0.2, 0.25) is 0 Å². The Bertz CT molecular complexity index is 651. The Morgan fingerprint density at radius 2 is 2.08 bits per heavy atom. The number of nitrogens with zero attached hydrogens (tertiary/aromatic N) is 3. The summed E-state index contributed by atoms with van der Waals surface area (Å²) in [6.07, 6.45) is 4.11. The van der Waals surface area contributed by atoms with Crippen LogP contribution in [0.4, 0.5) is 4.39 Å². The Kier molecular flexibility index (Phi) is 9.13. The predicted octanol–water partition coefficient (Wildman–Crippen LogP) is 5.60. The Morgan fingerprint density at radius 3 is 2.62 bits per heavy atom. The molecule has 0 bridgehead atoms. The number of ether oxygens (including phenoxy) is 1. The summed E-state index contributed by atoms with van der Waals surface area (Å²) in [6.45, 7) is 22.7. The number of hydrogen-bond donors (Lipinski definition) is 0. The highest BCUT2D eigenvalue weighted by molar-refractivity contribution is 7.97. The molecule has 0 aliphatic carbocycles. The van der Waals surface area contributed by atoms with E-state index in [0.29, 0.717) is 13.0 Å². The average molecular weight is 378 g/mol. The summed E-state index contributed by atoms with van der Waals surface area (Å²) in [6, 6.07) is 0.243. The SMILES string of the molecule is C=CC/C(C)=N\C(=N/C(=C)C(=C)F)OCC1CC(=C)N1SCC(=C)CC. The molecule has 1 atom stereocenters. The summed E-state index contributed by atoms with van der Waals surface area (Å²) in [7, 11) is 0. The molecule has 0 spiro atoms. The van der Waals surface area contributed by atoms with Gasteiger partial charge in [-0.1, -0.05) is 44.9 Å². The third kappa shape index (κ3) is 7.04. The number of halogens is 1. The molecule has 142 valence electrons. The smallest absolute Gasteiger partial charge is 0.316 e. The molecule has 0 aromatic heterocycles. The molecule has 1 heterocycles. The van der Waals surface area contributed by atoms with E-state index < -0.39 is 5.83 Å². The van der Waals surface area contributed by atoms with Crippen LogP contribution in [0.5, 0.6) is 0 Å². The molecule has 0 amide bonds. The molecule has 1 fully saturated rings. The molecule has 0 aromatic carbocycles. The lowest BCUT2D eigenvalue weighted by molar-refractivity contribution is 0.172. The molecule has 26 heavy (non-hydrogen) atoms. The highest BCUT2D eigenvalue weighted by Crippen LogP contribution is 2.36. The van der Waals surface area contributed by atoms with Crippen molar-refractivity contribution < 1.29 is 9.13 Å². The molecule has 0 N–H and O–H groups in total. The topological polar surface area (TPSA) is 37.2 Å². The average Bonchev–Trinajstić information content (AvgIpc) is 2.57. The third-order valence-electron chi connectivity index (χ3n) is 3.70. The van der Waals surface area contributed by atoms with E-state index in [1.54, 1.807) is 18.0 Å². The molecular formula is C20H28FN3OS. The lowest BCUT2D eigenvalue weighted by Crippen LogP contribution is -2.44. The van der Waals surface area contributed by atoms with E-state index in [4.69, 9.17) is 4.74 Å². The summed E-state index contributed by atoms with van der Waals surface area (Å²) in [5.41, 5.74) is 2.90. The van der Waals surface area contributed by atoms with E-state index in [1.165, 1.54) is 5.57 Å². The zero-order valence-corrected chi connectivity index (χ0v) is 16.6. The van der Waals surface area contributed by atoms with Crippen LogP contribution in [0.15, 0.2) is 71.7 Å². The maximum Gasteiger partial charge on any atom is 0.316 e. The number of amidine groups is 1. The van der Waals surface area contributed by atoms with Gasteiger partial charge in [0.1, 0.15) is 12.4 Å². The van der Waals surface area contributed by atoms with Gasteiger partial charge in [-0.05, 0) is 25.3 Å². The molecule has 0 aromatic rings. The second-order valence-electron chi connectivity index (χ2n) is 6.02. The number of rotatable bonds is 10. The van der Waals surface area contributed by atoms with E-state index in [2.05, 4.69) is 54.1 Å². The van der Waals surface area contributed by atoms with Crippen LogP contribution in [0, 0.1) is 0 Å². The van der Waals surface area contributed by atoms with Gasteiger partial charge in [-0.25, -0.2) is 9.38 Å². The zero-order valence-electron chi connectivity index (χ0n) is 15.8. The van der Waals surface area contributed by atoms with E-state index in [-0.39, 0.29) is 17.8 Å². The lowest BCUT2D eigenvalue weighted by Gasteiger charge is -2.43. The monoisotopic (exact) mass is 377 g/mol. The molecule has 4 nitrogen and oxygen atoms in total. The molecule has 1 aliphatic heterocycles. The zero-order chi connectivity index (χ0) is 19.7. The largest absolute Gasteiger partial charge is 0.461 e. The standard InChI is InChI=1S/C20H28FN3OS/c1-8-10-15(4)22-20(23-18(7)17(6)21)25-12-19-11-16(5)24(19)26-13-14(3)9-2/h8,19H,1,3,5-7,9-13H2,2,4H3/b22-15-,23-20+. The first-order valence-corrected chi connectivity index (χ1v) is 9.39. The van der Waals surface area contributed by atoms with Crippen LogP contribution in [-0.2, 0) is 4.74 Å². The second kappa shape index (κ2) is 10.8. The van der Waals surface area contributed by atoms with Gasteiger partial charge in [0.15, 0.2) is 0 Å². The Hall–Kier alpha value is -2.08. The molecular weight excluding hydrogens is 349 g/mol. The maximum atomic E-state index is 13.2. The van der Waals surface area contributed by atoms with Crippen LogP contribution in [0.25, 0.3) is 0 Å². The third-order valence-corrected chi connectivity index (χ3v) is 5.07. The Labute approximate surface area is 160 Å². The molecule has 0 saturated carbocycles. The van der Waals surface area contributed by atoms with E-state index in [0.717, 1.165) is 30.0 Å². The van der Waals surface area contributed by atoms with Gasteiger partial charge in [0.05, 0.1) is 11.7 Å². The molecule has 1 unspecified atom stereocenters. The van der Waals surface area contributed by atoms with Crippen molar-refractivity contribution in [2.24, 2.45) is 9.98 Å². The predicted molar refractivity (Wildman–Crippen MR) is 112 cm³/mol. The summed E-state index contributed by atoms with van der Waals surface area (Å²) in [5.74, 6) is 0.136. The number of hydrogen-bond acceptors (Lipinski definition) is 4. The van der Waals surface area contributed by atoms with Crippen LogP contribution in [0.3, 0.4) is 0 Å². The van der Waals surface area contributed by atoms with Crippen LogP contribution in [0.1, 0.15) is 33.1 Å². The second-order valence-corrected chi connectivity index (χ2v) is 6.96. The van der Waals surface area contributed by atoms with E-state index >= 15 is 0 Å². The number of allylic oxidation sites excluding steroid dienone is 2. The Balaban J connectivity index is 2.73. The van der Waals surface area contributed by atoms with Crippen molar-refractivity contribution in [2.45, 2.75) is 39.2 Å². The van der Waals surface area contributed by atoms with Crippen molar-refractivity contribution in [3.63, 3.8) is 0 Å². The molecule has 1 saturated heterocycles.